The second-order valence-corrected chi connectivity index (χ2v) is 7.40. The Morgan fingerprint density at radius 3 is 2.90 bits per heavy atom. The van der Waals surface area contributed by atoms with Crippen molar-refractivity contribution >= 4 is 22.6 Å². The van der Waals surface area contributed by atoms with Gasteiger partial charge in [0.25, 0.3) is 0 Å². The molecule has 0 radical (unpaired) electrons. The first kappa shape index (κ1) is 17.7. The van der Waals surface area contributed by atoms with E-state index in [1.807, 2.05) is 4.90 Å². The third-order valence-electron chi connectivity index (χ3n) is 5.59. The number of hydrogen-bond acceptors (Lipinski definition) is 6. The lowest BCUT2D eigenvalue weighted by Crippen LogP contribution is -2.31. The molecule has 2 aliphatic rings. The van der Waals surface area contributed by atoms with Crippen molar-refractivity contribution in [2.24, 2.45) is 0 Å². The van der Waals surface area contributed by atoms with E-state index >= 15 is 4.39 Å². The highest BCUT2D eigenvalue weighted by molar-refractivity contribution is 5.97. The second kappa shape index (κ2) is 6.33. The van der Waals surface area contributed by atoms with E-state index in [0.717, 1.165) is 30.2 Å². The smallest absolute Gasteiger partial charge is 0.341 e. The van der Waals surface area contributed by atoms with Crippen LogP contribution in [0.4, 0.5) is 10.1 Å². The molecule has 0 atom stereocenters. The van der Waals surface area contributed by atoms with Crippen LogP contribution in [0.5, 0.6) is 5.75 Å². The van der Waals surface area contributed by atoms with Gasteiger partial charge >= 0.3 is 5.97 Å². The van der Waals surface area contributed by atoms with Gasteiger partial charge in [0.2, 0.25) is 5.43 Å². The number of methoxy groups -OCH3 is 1. The molecule has 2 aromatic heterocycles. The van der Waals surface area contributed by atoms with E-state index in [4.69, 9.17) is 9.26 Å². The standard InChI is InChI=1S/C20H18FN3O5/c1-28-19-16-12(18(25)13(20(26)27)9-24(16)11-2-3-11)6-14(21)17(19)23-5-4-15-10(8-23)7-22-29-15/h6-7,9,11H,2-5,8H2,1H3,(H,26,27). The Labute approximate surface area is 164 Å². The van der Waals surface area contributed by atoms with Crippen molar-refractivity contribution in [3.63, 3.8) is 0 Å². The molecule has 1 aliphatic heterocycles. The number of halogens is 1. The number of aromatic carboxylic acids is 1. The molecule has 0 spiro atoms. The van der Waals surface area contributed by atoms with Crippen LogP contribution in [-0.2, 0) is 13.0 Å². The first-order chi connectivity index (χ1) is 14.0. The molecule has 1 aromatic carbocycles. The van der Waals surface area contributed by atoms with Gasteiger partial charge in [-0.2, -0.15) is 0 Å². The first-order valence-electron chi connectivity index (χ1n) is 9.35. The predicted molar refractivity (Wildman–Crippen MR) is 101 cm³/mol. The fraction of sp³-hybridized carbons (Fsp3) is 0.350. The maximum absolute atomic E-state index is 15.3. The zero-order chi connectivity index (χ0) is 20.3. The molecule has 0 unspecified atom stereocenters. The van der Waals surface area contributed by atoms with Gasteiger partial charge in [-0.25, -0.2) is 9.18 Å². The summed E-state index contributed by atoms with van der Waals surface area (Å²) < 4.78 is 27.8. The lowest BCUT2D eigenvalue weighted by Gasteiger charge is -2.30. The van der Waals surface area contributed by atoms with E-state index in [9.17, 15) is 14.7 Å². The maximum Gasteiger partial charge on any atom is 0.341 e. The third-order valence-corrected chi connectivity index (χ3v) is 5.59. The minimum Gasteiger partial charge on any atom is -0.492 e. The Bertz CT molecular complexity index is 1210. The van der Waals surface area contributed by atoms with E-state index < -0.39 is 17.2 Å². The summed E-state index contributed by atoms with van der Waals surface area (Å²) in [4.78, 5) is 26.1. The van der Waals surface area contributed by atoms with Crippen LogP contribution in [-0.4, -0.2) is 34.5 Å². The number of ether oxygens (including phenoxy) is 1. The lowest BCUT2D eigenvalue weighted by molar-refractivity contribution is 0.0695. The van der Waals surface area contributed by atoms with Crippen LogP contribution in [0.2, 0.25) is 0 Å². The molecule has 3 heterocycles. The number of hydrogen-bond donors (Lipinski definition) is 1. The van der Waals surface area contributed by atoms with Crippen LogP contribution in [0.15, 0.2) is 27.8 Å². The SMILES string of the molecule is COc1c(N2CCc3oncc3C2)c(F)cc2c(=O)c(C(=O)O)cn(C3CC3)c12. The van der Waals surface area contributed by atoms with Crippen LogP contribution in [0.3, 0.4) is 0 Å². The minimum absolute atomic E-state index is 0.0116. The highest BCUT2D eigenvalue weighted by Crippen LogP contribution is 2.44. The normalized spacial score (nSPS) is 16.1. The van der Waals surface area contributed by atoms with E-state index in [-0.39, 0.29) is 28.4 Å². The Morgan fingerprint density at radius 2 is 2.21 bits per heavy atom. The van der Waals surface area contributed by atoms with Gasteiger partial charge in [-0.15, -0.1) is 0 Å². The molecule has 5 rings (SSSR count). The van der Waals surface area contributed by atoms with Crippen molar-refractivity contribution in [3.05, 3.63) is 51.4 Å². The van der Waals surface area contributed by atoms with Gasteiger partial charge in [0.05, 0.1) is 24.2 Å². The zero-order valence-corrected chi connectivity index (χ0v) is 15.6. The average molecular weight is 399 g/mol. The highest BCUT2D eigenvalue weighted by atomic mass is 19.1. The van der Waals surface area contributed by atoms with Crippen molar-refractivity contribution in [2.45, 2.75) is 31.8 Å². The predicted octanol–water partition coefficient (Wildman–Crippen LogP) is 2.73. The van der Waals surface area contributed by atoms with E-state index in [2.05, 4.69) is 5.16 Å². The van der Waals surface area contributed by atoms with Gasteiger partial charge in [0.1, 0.15) is 17.0 Å². The van der Waals surface area contributed by atoms with E-state index in [1.165, 1.54) is 13.3 Å². The molecule has 150 valence electrons. The number of aromatic nitrogens is 2. The molecule has 0 bridgehead atoms. The lowest BCUT2D eigenvalue weighted by atomic mass is 10.0. The number of carboxylic acid groups (broad SMARTS) is 1. The highest BCUT2D eigenvalue weighted by Gasteiger charge is 2.32. The van der Waals surface area contributed by atoms with E-state index in [0.29, 0.717) is 25.0 Å². The van der Waals surface area contributed by atoms with Crippen LogP contribution in [0.25, 0.3) is 10.9 Å². The summed E-state index contributed by atoms with van der Waals surface area (Å²) in [5, 5.41) is 13.2. The van der Waals surface area contributed by atoms with Gasteiger partial charge < -0.3 is 23.8 Å². The van der Waals surface area contributed by atoms with Crippen LogP contribution < -0.4 is 15.1 Å². The van der Waals surface area contributed by atoms with Gasteiger partial charge in [0, 0.05) is 37.3 Å². The third kappa shape index (κ3) is 2.68. The summed E-state index contributed by atoms with van der Waals surface area (Å²) in [7, 11) is 1.43. The zero-order valence-electron chi connectivity index (χ0n) is 15.6. The van der Waals surface area contributed by atoms with Crippen LogP contribution in [0.1, 0.15) is 40.6 Å². The van der Waals surface area contributed by atoms with Crippen molar-refractivity contribution in [1.29, 1.82) is 0 Å². The monoisotopic (exact) mass is 399 g/mol. The summed E-state index contributed by atoms with van der Waals surface area (Å²) in [5.74, 6) is -0.940. The number of rotatable bonds is 4. The summed E-state index contributed by atoms with van der Waals surface area (Å²) in [5.41, 5.74) is 0.471. The number of pyridine rings is 1. The molecule has 3 aromatic rings. The molecule has 1 N–H and O–H groups in total. The number of anilines is 1. The molecule has 29 heavy (non-hydrogen) atoms. The Hall–Kier alpha value is -3.36. The summed E-state index contributed by atoms with van der Waals surface area (Å²) in [6, 6.07) is 1.19. The quantitative estimate of drug-likeness (QED) is 0.720. The number of carbonyl (C=O) groups is 1. The summed E-state index contributed by atoms with van der Waals surface area (Å²) in [6.07, 6.45) is 5.26. The van der Waals surface area contributed by atoms with Crippen molar-refractivity contribution < 1.29 is 23.6 Å². The number of benzene rings is 1. The molecule has 0 saturated heterocycles. The van der Waals surface area contributed by atoms with Gasteiger partial charge in [0.15, 0.2) is 11.6 Å². The largest absolute Gasteiger partial charge is 0.492 e. The Morgan fingerprint density at radius 1 is 1.41 bits per heavy atom. The molecule has 8 nitrogen and oxygen atoms in total. The average Bonchev–Trinajstić information content (AvgIpc) is 3.44. The van der Waals surface area contributed by atoms with Gasteiger partial charge in [-0.05, 0) is 18.9 Å². The minimum atomic E-state index is -1.33. The molecule has 0 amide bonds. The molecule has 1 fully saturated rings. The number of carboxylic acids is 1. The van der Waals surface area contributed by atoms with E-state index in [1.54, 1.807) is 10.8 Å². The Balaban J connectivity index is 1.77. The first-order valence-corrected chi connectivity index (χ1v) is 9.35. The summed E-state index contributed by atoms with van der Waals surface area (Å²) >= 11 is 0. The van der Waals surface area contributed by atoms with Crippen molar-refractivity contribution in [3.8, 4) is 5.75 Å². The fourth-order valence-electron chi connectivity index (χ4n) is 4.06. The molecule has 1 saturated carbocycles. The second-order valence-electron chi connectivity index (χ2n) is 7.40. The van der Waals surface area contributed by atoms with Crippen LogP contribution in [0, 0.1) is 5.82 Å². The maximum atomic E-state index is 15.3. The molecule has 9 heteroatoms. The van der Waals surface area contributed by atoms with Gasteiger partial charge in [-0.1, -0.05) is 5.16 Å². The fourth-order valence-corrected chi connectivity index (χ4v) is 4.06. The van der Waals surface area contributed by atoms with Gasteiger partial charge in [-0.3, -0.25) is 4.79 Å². The number of fused-ring (bicyclic) bond motifs is 2. The molecular formula is C20H18FN3O5. The Kier molecular flexibility index (Phi) is 3.87. The summed E-state index contributed by atoms with van der Waals surface area (Å²) in [6.45, 7) is 0.903. The molecular weight excluding hydrogens is 381 g/mol. The van der Waals surface area contributed by atoms with Crippen LogP contribution >= 0.6 is 0 Å². The number of nitrogens with zero attached hydrogens (tertiary/aromatic N) is 3. The van der Waals surface area contributed by atoms with Crippen molar-refractivity contribution in [2.75, 3.05) is 18.6 Å². The molecule has 1 aliphatic carbocycles. The van der Waals surface area contributed by atoms with Crippen molar-refractivity contribution in [1.82, 2.24) is 9.72 Å². The topological polar surface area (TPSA) is 97.8 Å².